The van der Waals surface area contributed by atoms with Crippen LogP contribution in [0.25, 0.3) is 0 Å². The fourth-order valence-electron chi connectivity index (χ4n) is 2.69. The highest BCUT2D eigenvalue weighted by Gasteiger charge is 2.21. The molecule has 6 nitrogen and oxygen atoms in total. The number of nitro benzene ring substituents is 1. The van der Waals surface area contributed by atoms with Crippen molar-refractivity contribution >= 4 is 22.9 Å². The summed E-state index contributed by atoms with van der Waals surface area (Å²) in [7, 11) is 0. The highest BCUT2D eigenvalue weighted by Crippen LogP contribution is 2.22. The summed E-state index contributed by atoms with van der Waals surface area (Å²) in [5.74, 6) is 0.496. The predicted molar refractivity (Wildman–Crippen MR) is 98.8 cm³/mol. The Morgan fingerprint density at radius 2 is 1.96 bits per heavy atom. The maximum atomic E-state index is 12.9. The largest absolute Gasteiger partial charge is 0.467 e. The van der Waals surface area contributed by atoms with Gasteiger partial charge in [0.05, 0.1) is 30.7 Å². The zero-order valence-electron chi connectivity index (χ0n) is 14.3. The van der Waals surface area contributed by atoms with E-state index in [9.17, 15) is 14.9 Å². The average Bonchev–Trinajstić information content (AvgIpc) is 3.26. The number of amides is 1. The van der Waals surface area contributed by atoms with Gasteiger partial charge in [0.2, 0.25) is 5.91 Å². The van der Waals surface area contributed by atoms with Crippen molar-refractivity contribution in [3.8, 4) is 0 Å². The van der Waals surface area contributed by atoms with E-state index in [0.717, 1.165) is 4.88 Å². The number of nitrogens with zero attached hydrogens (tertiary/aromatic N) is 2. The van der Waals surface area contributed by atoms with Gasteiger partial charge in [-0.1, -0.05) is 18.2 Å². The molecule has 2 heterocycles. The summed E-state index contributed by atoms with van der Waals surface area (Å²) in [6, 6.07) is 13.9. The molecular formula is C19H18N2O4S. The molecule has 7 heteroatoms. The number of hydrogen-bond donors (Lipinski definition) is 0. The molecule has 26 heavy (non-hydrogen) atoms. The van der Waals surface area contributed by atoms with Crippen molar-refractivity contribution in [2.75, 3.05) is 0 Å². The molecule has 0 saturated carbocycles. The van der Waals surface area contributed by atoms with E-state index in [1.165, 1.54) is 10.9 Å². The smallest absolute Gasteiger partial charge is 0.273 e. The molecule has 1 amide bonds. The molecule has 0 atom stereocenters. The molecule has 2 aromatic heterocycles. The van der Waals surface area contributed by atoms with Crippen LogP contribution in [0.5, 0.6) is 0 Å². The molecule has 0 unspecified atom stereocenters. The fraction of sp³-hybridized carbons (Fsp3) is 0.211. The van der Waals surface area contributed by atoms with Gasteiger partial charge in [-0.25, -0.2) is 0 Å². The van der Waals surface area contributed by atoms with Crippen molar-refractivity contribution in [2.24, 2.45) is 0 Å². The minimum absolute atomic E-state index is 0.0256. The maximum absolute atomic E-state index is 12.9. The van der Waals surface area contributed by atoms with Crippen LogP contribution in [0.3, 0.4) is 0 Å². The first-order valence-corrected chi connectivity index (χ1v) is 8.92. The average molecular weight is 370 g/mol. The molecule has 3 aromatic rings. The monoisotopic (exact) mass is 370 g/mol. The zero-order chi connectivity index (χ0) is 18.5. The van der Waals surface area contributed by atoms with Gasteiger partial charge < -0.3 is 9.32 Å². The normalized spacial score (nSPS) is 10.7. The summed E-state index contributed by atoms with van der Waals surface area (Å²) >= 11 is 1.63. The Balaban J connectivity index is 1.81. The van der Waals surface area contributed by atoms with E-state index >= 15 is 0 Å². The van der Waals surface area contributed by atoms with Crippen LogP contribution in [0.1, 0.15) is 21.1 Å². The number of carbonyl (C=O) groups is 1. The first-order chi connectivity index (χ1) is 12.5. The van der Waals surface area contributed by atoms with Crippen LogP contribution in [-0.4, -0.2) is 15.7 Å². The lowest BCUT2D eigenvalue weighted by molar-refractivity contribution is -0.385. The van der Waals surface area contributed by atoms with Crippen LogP contribution in [0.15, 0.2) is 59.2 Å². The van der Waals surface area contributed by atoms with E-state index in [0.29, 0.717) is 24.4 Å². The van der Waals surface area contributed by atoms with Crippen LogP contribution < -0.4 is 0 Å². The van der Waals surface area contributed by atoms with Crippen molar-refractivity contribution in [2.45, 2.75) is 26.4 Å². The molecule has 1 aromatic carbocycles. The SMILES string of the molecule is Cc1ccc(CN(Cc2ccco2)C(=O)Cc2ccccc2[N+](=O)[O-])s1. The third-order valence-electron chi connectivity index (χ3n) is 3.95. The number of furan rings is 1. The molecule has 0 N–H and O–H groups in total. The number of nitro groups is 1. The summed E-state index contributed by atoms with van der Waals surface area (Å²) in [4.78, 5) is 27.5. The number of rotatable bonds is 7. The molecule has 0 saturated heterocycles. The Labute approximate surface area is 154 Å². The Kier molecular flexibility index (Phi) is 5.48. The van der Waals surface area contributed by atoms with Gasteiger partial charge in [0.1, 0.15) is 5.76 Å². The predicted octanol–water partition coefficient (Wildman–Crippen LogP) is 4.33. The molecule has 0 radical (unpaired) electrons. The molecule has 0 bridgehead atoms. The van der Waals surface area contributed by atoms with Crippen molar-refractivity contribution in [1.29, 1.82) is 0 Å². The van der Waals surface area contributed by atoms with Gasteiger partial charge >= 0.3 is 0 Å². The van der Waals surface area contributed by atoms with Crippen LogP contribution in [-0.2, 0) is 24.3 Å². The molecular weight excluding hydrogens is 352 g/mol. The van der Waals surface area contributed by atoms with Crippen molar-refractivity contribution < 1.29 is 14.1 Å². The van der Waals surface area contributed by atoms with Crippen LogP contribution in [0.2, 0.25) is 0 Å². The first-order valence-electron chi connectivity index (χ1n) is 8.10. The number of aryl methyl sites for hydroxylation is 1. The minimum Gasteiger partial charge on any atom is -0.467 e. The summed E-state index contributed by atoms with van der Waals surface area (Å²) in [6.07, 6.45) is 1.54. The zero-order valence-corrected chi connectivity index (χ0v) is 15.1. The van der Waals surface area contributed by atoms with Gasteiger partial charge in [0, 0.05) is 21.4 Å². The molecule has 134 valence electrons. The molecule has 0 fully saturated rings. The van der Waals surface area contributed by atoms with Gasteiger partial charge in [0.25, 0.3) is 5.69 Å². The van der Waals surface area contributed by atoms with Crippen molar-refractivity contribution in [3.05, 3.63) is 86.0 Å². The number of para-hydroxylation sites is 1. The lowest BCUT2D eigenvalue weighted by atomic mass is 10.1. The second-order valence-electron chi connectivity index (χ2n) is 5.90. The van der Waals surface area contributed by atoms with E-state index < -0.39 is 4.92 Å². The van der Waals surface area contributed by atoms with Crippen molar-refractivity contribution in [1.82, 2.24) is 4.90 Å². The van der Waals surface area contributed by atoms with E-state index in [-0.39, 0.29) is 18.0 Å². The Morgan fingerprint density at radius 1 is 1.15 bits per heavy atom. The second kappa shape index (κ2) is 7.97. The van der Waals surface area contributed by atoms with Gasteiger partial charge in [-0.15, -0.1) is 11.3 Å². The van der Waals surface area contributed by atoms with Gasteiger partial charge in [0.15, 0.2) is 0 Å². The van der Waals surface area contributed by atoms with E-state index in [4.69, 9.17) is 4.42 Å². The summed E-state index contributed by atoms with van der Waals surface area (Å²) in [6.45, 7) is 2.78. The minimum atomic E-state index is -0.456. The Morgan fingerprint density at radius 3 is 2.62 bits per heavy atom. The van der Waals surface area contributed by atoms with Gasteiger partial charge in [-0.2, -0.15) is 0 Å². The number of carbonyl (C=O) groups excluding carboxylic acids is 1. The quantitative estimate of drug-likeness (QED) is 0.458. The van der Waals surface area contributed by atoms with Crippen LogP contribution in [0, 0.1) is 17.0 Å². The molecule has 3 rings (SSSR count). The summed E-state index contributed by atoms with van der Waals surface area (Å²) < 4.78 is 5.37. The number of benzene rings is 1. The second-order valence-corrected chi connectivity index (χ2v) is 7.28. The van der Waals surface area contributed by atoms with E-state index in [1.54, 1.807) is 46.8 Å². The summed E-state index contributed by atoms with van der Waals surface area (Å²) in [5.41, 5.74) is 0.375. The van der Waals surface area contributed by atoms with Gasteiger partial charge in [-0.05, 0) is 31.2 Å². The van der Waals surface area contributed by atoms with Gasteiger partial charge in [-0.3, -0.25) is 14.9 Å². The lowest BCUT2D eigenvalue weighted by Crippen LogP contribution is -2.31. The van der Waals surface area contributed by atoms with Crippen molar-refractivity contribution in [3.63, 3.8) is 0 Å². The Bertz CT molecular complexity index is 902. The fourth-order valence-corrected chi connectivity index (χ4v) is 3.60. The summed E-state index contributed by atoms with van der Waals surface area (Å²) in [5, 5.41) is 11.2. The van der Waals surface area contributed by atoms with E-state index in [1.807, 2.05) is 25.1 Å². The lowest BCUT2D eigenvalue weighted by Gasteiger charge is -2.21. The molecule has 0 aliphatic carbocycles. The molecule has 0 spiro atoms. The maximum Gasteiger partial charge on any atom is 0.273 e. The molecule has 0 aliphatic rings. The first kappa shape index (κ1) is 17.9. The highest BCUT2D eigenvalue weighted by atomic mass is 32.1. The van der Waals surface area contributed by atoms with E-state index in [2.05, 4.69) is 0 Å². The van der Waals surface area contributed by atoms with Crippen LogP contribution in [0.4, 0.5) is 5.69 Å². The third kappa shape index (κ3) is 4.37. The number of hydrogen-bond acceptors (Lipinski definition) is 5. The Hall–Kier alpha value is -2.93. The third-order valence-corrected chi connectivity index (χ3v) is 4.94. The number of thiophene rings is 1. The topological polar surface area (TPSA) is 76.6 Å². The highest BCUT2D eigenvalue weighted by molar-refractivity contribution is 7.11. The molecule has 0 aliphatic heterocycles. The van der Waals surface area contributed by atoms with Crippen LogP contribution >= 0.6 is 11.3 Å². The standard InChI is InChI=1S/C19H18N2O4S/c1-14-8-9-17(26-14)13-20(12-16-6-4-10-25-16)19(22)11-15-5-2-3-7-18(15)21(23)24/h2-10H,11-13H2,1H3.